The molecule has 4 aromatic heterocycles. The summed E-state index contributed by atoms with van der Waals surface area (Å²) in [6.07, 6.45) is -7.77. The summed E-state index contributed by atoms with van der Waals surface area (Å²) in [6, 6.07) is 63.1. The SMILES string of the molecule is Cc1cc2cc(-c3nc(NC(=O)C4(c5ccc6c(c5)OC(F)(F)O6)CC4)cc4ccccc34)ccc2[nH]1.NC(=O)c1ccc(-c2nc(NC(=O)C3(c4ccc5c(c4)OC(F)(F)O5)CC3)cc3ccccc23)cc1.O=C(O)c1cccc(-c2nc(NC(=O)C3(c4ccc5c(c4)OC(F)(F)O5)CC3)cc3ccccc23)c1.[HH].[HH].[HH].[HH].[HH].[HH]. The standard InChI is InChI=1S/C29H21F2N3O3.C27H19F2N3O4.C27H18F2N2O5.6H2/c1-16-12-19-13-18(6-8-22(19)32-16)26-21-5-3-2-4-17(21)14-25(33-26)34-27(35)28(10-11-28)20-7-9-23-24(15-20)37-29(30,31)36-23;28-27(29)35-20-10-9-18(14-21(20)36-27)26(11-12-26)25(34)32-22-13-17-3-1-2-4-19(17)23(31-22)15-5-7-16(8-6-15)24(30)33;28-27(29)35-20-9-8-18(14-21(20)36-27)26(10-11-26)25(34)31-22-13-15-4-1-2-7-19(15)23(30-22)16-5-3-6-17(12-16)24(32)33;;;;;;/h2-9,12-15,32H,10-11H2,1H3,(H,33,34,35);1-10,13-14H,11-12H2,(H2,30,33)(H,31,32,34);1-9,12-14H,10-11H2,(H,32,33)(H,30,31,34);6*1H. The number of primary amides is 1. The average Bonchev–Trinajstić information content (AvgIpc) is 1.61. The first-order valence-corrected chi connectivity index (χ1v) is 34.5. The summed E-state index contributed by atoms with van der Waals surface area (Å²) in [5, 5.41) is 24.6. The van der Waals surface area contributed by atoms with Crippen LogP contribution in [0.15, 0.2) is 218 Å². The Bertz CT molecular complexity index is 6040. The zero-order valence-corrected chi connectivity index (χ0v) is 57.2. The maximum Gasteiger partial charge on any atom is 0.586 e. The number of nitrogens with zero attached hydrogens (tertiary/aromatic N) is 3. The second-order valence-corrected chi connectivity index (χ2v) is 27.4. The third kappa shape index (κ3) is 13.1. The lowest BCUT2D eigenvalue weighted by Gasteiger charge is -2.17. The molecule has 7 N–H and O–H groups in total. The van der Waals surface area contributed by atoms with Crippen molar-refractivity contribution in [2.24, 2.45) is 5.73 Å². The van der Waals surface area contributed by atoms with Crippen molar-refractivity contribution in [1.82, 2.24) is 19.9 Å². The van der Waals surface area contributed by atoms with Crippen LogP contribution in [-0.4, -0.2) is 73.5 Å². The zero-order valence-electron chi connectivity index (χ0n) is 57.2. The number of carbonyl (C=O) groups excluding carboxylic acids is 4. The van der Waals surface area contributed by atoms with Crippen molar-refractivity contribution >= 4 is 90.3 Å². The van der Waals surface area contributed by atoms with E-state index in [4.69, 9.17) is 15.7 Å². The number of hydrogen-bond donors (Lipinski definition) is 6. The predicted octanol–water partition coefficient (Wildman–Crippen LogP) is 18.7. The molecule has 0 spiro atoms. The molecule has 556 valence electrons. The Hall–Kier alpha value is -13.5. The van der Waals surface area contributed by atoms with Crippen LogP contribution in [0, 0.1) is 6.92 Å². The fourth-order valence-electron chi connectivity index (χ4n) is 14.2. The molecule has 13 aromatic rings. The molecule has 6 aliphatic rings. The van der Waals surface area contributed by atoms with Gasteiger partial charge >= 0.3 is 24.9 Å². The van der Waals surface area contributed by atoms with E-state index in [9.17, 15) is 55.4 Å². The zero-order chi connectivity index (χ0) is 75.5. The summed E-state index contributed by atoms with van der Waals surface area (Å²) in [6.45, 7) is 2.02. The van der Waals surface area contributed by atoms with Crippen LogP contribution in [0.4, 0.5) is 43.8 Å². The van der Waals surface area contributed by atoms with Crippen LogP contribution in [-0.2, 0) is 30.6 Å². The van der Waals surface area contributed by atoms with E-state index in [-0.39, 0.29) is 66.3 Å². The van der Waals surface area contributed by atoms with Gasteiger partial charge < -0.3 is 60.2 Å². The number of aryl methyl sites for hydroxylation is 1. The number of carbonyl (C=O) groups is 5. The van der Waals surface area contributed by atoms with Crippen LogP contribution < -0.4 is 50.1 Å². The van der Waals surface area contributed by atoms with Crippen molar-refractivity contribution in [2.75, 3.05) is 16.0 Å². The molecule has 0 unspecified atom stereocenters. The molecule has 0 bridgehead atoms. The number of fused-ring (bicyclic) bond motifs is 7. The molecule has 19 rings (SSSR count). The Morgan fingerprint density at radius 1 is 0.394 bits per heavy atom. The van der Waals surface area contributed by atoms with Gasteiger partial charge in [0.05, 0.1) is 38.9 Å². The summed E-state index contributed by atoms with van der Waals surface area (Å²) in [4.78, 5) is 80.8. The number of rotatable bonds is 14. The van der Waals surface area contributed by atoms with Crippen molar-refractivity contribution in [3.8, 4) is 68.3 Å². The van der Waals surface area contributed by atoms with Crippen LogP contribution in [0.1, 0.15) is 90.2 Å². The van der Waals surface area contributed by atoms with Gasteiger partial charge in [-0.15, -0.1) is 26.3 Å². The first-order chi connectivity index (χ1) is 52.3. The molecule has 9 aromatic carbocycles. The number of hydrogen-bond acceptors (Lipinski definition) is 14. The summed E-state index contributed by atoms with van der Waals surface area (Å²) in [7, 11) is 0. The lowest BCUT2D eigenvalue weighted by Crippen LogP contribution is -2.28. The fraction of sp³-hybridized carbons (Fsp3) is 0.157. The van der Waals surface area contributed by atoms with Crippen LogP contribution in [0.25, 0.3) is 77.0 Å². The third-order valence-electron chi connectivity index (χ3n) is 20.2. The number of aromatic nitrogens is 4. The number of nitrogens with two attached hydrogens (primary N) is 1. The predicted molar refractivity (Wildman–Crippen MR) is 403 cm³/mol. The molecule has 4 amide bonds. The minimum Gasteiger partial charge on any atom is -0.478 e. The molecule has 109 heavy (non-hydrogen) atoms. The molecule has 0 radical (unpaired) electrons. The van der Waals surface area contributed by atoms with Crippen LogP contribution >= 0.6 is 0 Å². The van der Waals surface area contributed by atoms with E-state index in [1.54, 1.807) is 66.7 Å². The minimum atomic E-state index is -3.73. The summed E-state index contributed by atoms with van der Waals surface area (Å²) in [5.41, 5.74) is 11.3. The number of amides is 4. The molecule has 3 aliphatic carbocycles. The Kier molecular flexibility index (Phi) is 16.1. The number of aromatic carboxylic acids is 1. The lowest BCUT2D eigenvalue weighted by molar-refractivity contribution is -0.287. The molecule has 3 saturated carbocycles. The van der Waals surface area contributed by atoms with E-state index in [1.165, 1.54) is 48.5 Å². The van der Waals surface area contributed by atoms with E-state index >= 15 is 0 Å². The topological polar surface area (TPSA) is 278 Å². The Labute approximate surface area is 622 Å². The van der Waals surface area contributed by atoms with Gasteiger partial charge in [0.2, 0.25) is 23.6 Å². The third-order valence-corrected chi connectivity index (χ3v) is 20.2. The molecule has 0 saturated heterocycles. The first-order valence-electron chi connectivity index (χ1n) is 34.5. The van der Waals surface area contributed by atoms with Gasteiger partial charge in [-0.3, -0.25) is 19.2 Å². The molecule has 3 aliphatic heterocycles. The average molecular weight is 1490 g/mol. The van der Waals surface area contributed by atoms with Gasteiger partial charge in [0.25, 0.3) is 0 Å². The maximum absolute atomic E-state index is 13.5. The van der Waals surface area contributed by atoms with E-state index in [0.29, 0.717) is 95.2 Å². The first kappa shape index (κ1) is 68.6. The number of ether oxygens (including phenoxy) is 6. The monoisotopic (exact) mass is 1480 g/mol. The highest BCUT2D eigenvalue weighted by atomic mass is 19.3. The number of carboxylic acids is 1. The van der Waals surface area contributed by atoms with E-state index < -0.39 is 47.0 Å². The van der Waals surface area contributed by atoms with E-state index in [1.807, 2.05) is 97.9 Å². The number of pyridine rings is 3. The summed E-state index contributed by atoms with van der Waals surface area (Å²) in [5.74, 6) is -1.79. The molecule has 0 atom stereocenters. The van der Waals surface area contributed by atoms with Crippen molar-refractivity contribution < 1.29 is 92.4 Å². The van der Waals surface area contributed by atoms with Crippen molar-refractivity contribution in [3.63, 3.8) is 0 Å². The number of alkyl halides is 6. The Morgan fingerprint density at radius 3 is 1.15 bits per heavy atom. The molecule has 20 nitrogen and oxygen atoms in total. The highest BCUT2D eigenvalue weighted by Crippen LogP contribution is 2.56. The van der Waals surface area contributed by atoms with Gasteiger partial charge in [0, 0.05) is 63.6 Å². The van der Waals surface area contributed by atoms with Crippen molar-refractivity contribution in [2.45, 2.75) is 80.6 Å². The Balaban J connectivity index is 0.000000166. The normalized spacial score (nSPS) is 16.6. The quantitative estimate of drug-likeness (QED) is 0.0552. The number of anilines is 3. The number of halogens is 6. The van der Waals surface area contributed by atoms with Gasteiger partial charge in [0.1, 0.15) is 17.5 Å². The second kappa shape index (κ2) is 25.6. The van der Waals surface area contributed by atoms with Gasteiger partial charge in [-0.25, -0.2) is 19.7 Å². The van der Waals surface area contributed by atoms with E-state index in [0.717, 1.165) is 65.7 Å². The summed E-state index contributed by atoms with van der Waals surface area (Å²) >= 11 is 0. The minimum absolute atomic E-state index is 0. The van der Waals surface area contributed by atoms with Crippen LogP contribution in [0.2, 0.25) is 0 Å². The number of aromatic amines is 1. The number of carboxylic acid groups (broad SMARTS) is 1. The van der Waals surface area contributed by atoms with Crippen LogP contribution in [0.5, 0.6) is 34.5 Å². The highest BCUT2D eigenvalue weighted by molar-refractivity contribution is 6.07. The number of benzene rings is 9. The van der Waals surface area contributed by atoms with Gasteiger partial charge in [0.15, 0.2) is 34.5 Å². The maximum atomic E-state index is 13.5. The van der Waals surface area contributed by atoms with Crippen LogP contribution in [0.3, 0.4) is 0 Å². The lowest BCUT2D eigenvalue weighted by atomic mass is 9.94. The number of H-pyrrole nitrogens is 1. The summed E-state index contributed by atoms with van der Waals surface area (Å²) < 4.78 is 108. The molecule has 26 heteroatoms. The molecule has 7 heterocycles. The van der Waals surface area contributed by atoms with E-state index in [2.05, 4.69) is 66.5 Å². The largest absolute Gasteiger partial charge is 0.586 e. The van der Waals surface area contributed by atoms with Gasteiger partial charge in [-0.1, -0.05) is 121 Å². The highest BCUT2D eigenvalue weighted by Gasteiger charge is 2.56. The van der Waals surface area contributed by atoms with Gasteiger partial charge in [-0.2, -0.15) is 0 Å². The number of nitrogens with one attached hydrogen (secondary N) is 4. The smallest absolute Gasteiger partial charge is 0.478 e. The second-order valence-electron chi connectivity index (χ2n) is 27.4. The molecule has 3 fully saturated rings. The van der Waals surface area contributed by atoms with Gasteiger partial charge in [-0.05, 0) is 175 Å². The van der Waals surface area contributed by atoms with Crippen molar-refractivity contribution in [3.05, 3.63) is 252 Å². The Morgan fingerprint density at radius 2 is 0.761 bits per heavy atom. The molecular weight excluding hydrogens is 1410 g/mol. The molecular formula is C83H70F6N8O12. The fourth-order valence-corrected chi connectivity index (χ4v) is 14.2. The van der Waals surface area contributed by atoms with Crippen molar-refractivity contribution in [1.29, 1.82) is 0 Å².